The fourth-order valence-electron chi connectivity index (χ4n) is 4.53. The summed E-state index contributed by atoms with van der Waals surface area (Å²) in [5, 5.41) is 0. The number of carbonyl (C=O) groups is 1. The van der Waals surface area contributed by atoms with E-state index >= 15 is 0 Å². The summed E-state index contributed by atoms with van der Waals surface area (Å²) in [4.78, 5) is 16.1. The molecule has 3 rings (SSSR count). The molecule has 1 aliphatic heterocycles. The average molecular weight is 360 g/mol. The Kier molecular flexibility index (Phi) is 6.54. The Morgan fingerprint density at radius 2 is 2.04 bits per heavy atom. The minimum Gasteiger partial charge on any atom is -0.410 e. The highest BCUT2D eigenvalue weighted by atomic mass is 16.6. The Morgan fingerprint density at radius 1 is 1.23 bits per heavy atom. The van der Waals surface area contributed by atoms with E-state index in [2.05, 4.69) is 11.0 Å². The smallest absolute Gasteiger partial charge is 0.410 e. The van der Waals surface area contributed by atoms with Crippen LogP contribution in [0.3, 0.4) is 0 Å². The standard InChI is InChI=1S/C21H33N3O2/c1-23(2)21(25)26-20-9-7-8-16-17-12-15-24(14-6-4-3-5-13-22)19(17)11-10-18(16)20/h7-9,17,19H,3-6,10-15,22H2,1-2H3. The van der Waals surface area contributed by atoms with Crippen LogP contribution in [-0.4, -0.2) is 55.7 Å². The van der Waals surface area contributed by atoms with Crippen molar-refractivity contribution in [2.24, 2.45) is 5.73 Å². The van der Waals surface area contributed by atoms with Gasteiger partial charge >= 0.3 is 6.09 Å². The number of hydrogen-bond donors (Lipinski definition) is 1. The lowest BCUT2D eigenvalue weighted by molar-refractivity contribution is 0.170. The summed E-state index contributed by atoms with van der Waals surface area (Å²) < 4.78 is 5.62. The van der Waals surface area contributed by atoms with Crippen molar-refractivity contribution in [3.05, 3.63) is 29.3 Å². The van der Waals surface area contributed by atoms with Gasteiger partial charge in [0.25, 0.3) is 0 Å². The van der Waals surface area contributed by atoms with Gasteiger partial charge in [-0.2, -0.15) is 0 Å². The van der Waals surface area contributed by atoms with Gasteiger partial charge in [0.2, 0.25) is 0 Å². The Labute approximate surface area is 157 Å². The summed E-state index contributed by atoms with van der Waals surface area (Å²) in [7, 11) is 3.44. The van der Waals surface area contributed by atoms with E-state index in [1.165, 1.54) is 54.8 Å². The maximum Gasteiger partial charge on any atom is 0.414 e. The number of fused-ring (bicyclic) bond motifs is 3. The third kappa shape index (κ3) is 4.21. The van der Waals surface area contributed by atoms with Crippen molar-refractivity contribution >= 4 is 6.09 Å². The lowest BCUT2D eigenvalue weighted by atomic mass is 9.79. The van der Waals surface area contributed by atoms with Crippen LogP contribution in [0, 0.1) is 0 Å². The highest BCUT2D eigenvalue weighted by Crippen LogP contribution is 2.44. The monoisotopic (exact) mass is 359 g/mol. The molecule has 1 aliphatic carbocycles. The Hall–Kier alpha value is -1.59. The summed E-state index contributed by atoms with van der Waals surface area (Å²) >= 11 is 0. The predicted molar refractivity (Wildman–Crippen MR) is 105 cm³/mol. The average Bonchev–Trinajstić information content (AvgIpc) is 3.05. The zero-order valence-electron chi connectivity index (χ0n) is 16.2. The van der Waals surface area contributed by atoms with Crippen LogP contribution in [0.4, 0.5) is 4.79 Å². The molecule has 26 heavy (non-hydrogen) atoms. The van der Waals surface area contributed by atoms with Gasteiger partial charge in [0.1, 0.15) is 5.75 Å². The first-order valence-corrected chi connectivity index (χ1v) is 10.1. The summed E-state index contributed by atoms with van der Waals surface area (Å²) in [5.74, 6) is 1.33. The number of carbonyl (C=O) groups excluding carboxylic acids is 1. The number of likely N-dealkylation sites (tertiary alicyclic amines) is 1. The quantitative estimate of drug-likeness (QED) is 0.758. The number of amides is 1. The lowest BCUT2D eigenvalue weighted by Gasteiger charge is -2.34. The first-order chi connectivity index (χ1) is 12.6. The third-order valence-corrected chi connectivity index (χ3v) is 5.88. The van der Waals surface area contributed by atoms with Crippen LogP contribution >= 0.6 is 0 Å². The normalized spacial score (nSPS) is 22.0. The van der Waals surface area contributed by atoms with Gasteiger partial charge in [-0.05, 0) is 68.9 Å². The predicted octanol–water partition coefficient (Wildman–Crippen LogP) is 3.37. The van der Waals surface area contributed by atoms with Gasteiger partial charge in [0.05, 0.1) is 0 Å². The van der Waals surface area contributed by atoms with Crippen molar-refractivity contribution in [2.75, 3.05) is 33.7 Å². The molecule has 2 N–H and O–H groups in total. The van der Waals surface area contributed by atoms with Crippen molar-refractivity contribution in [1.82, 2.24) is 9.80 Å². The van der Waals surface area contributed by atoms with E-state index in [0.717, 1.165) is 31.6 Å². The van der Waals surface area contributed by atoms with E-state index in [4.69, 9.17) is 10.5 Å². The molecule has 2 aliphatic rings. The molecule has 0 aromatic heterocycles. The summed E-state index contributed by atoms with van der Waals surface area (Å²) in [6.45, 7) is 3.20. The zero-order chi connectivity index (χ0) is 18.5. The van der Waals surface area contributed by atoms with Crippen molar-refractivity contribution in [1.29, 1.82) is 0 Å². The number of ether oxygens (including phenoxy) is 1. The Bertz CT molecular complexity index is 617. The maximum absolute atomic E-state index is 12.0. The van der Waals surface area contributed by atoms with E-state index in [1.807, 2.05) is 12.1 Å². The second-order valence-electron chi connectivity index (χ2n) is 7.83. The molecule has 1 fully saturated rings. The van der Waals surface area contributed by atoms with Crippen LogP contribution in [0.25, 0.3) is 0 Å². The van der Waals surface area contributed by atoms with Gasteiger partial charge in [0, 0.05) is 26.1 Å². The number of unbranched alkanes of at least 4 members (excludes halogenated alkanes) is 3. The largest absolute Gasteiger partial charge is 0.414 e. The highest BCUT2D eigenvalue weighted by Gasteiger charge is 2.39. The van der Waals surface area contributed by atoms with Crippen molar-refractivity contribution in [3.63, 3.8) is 0 Å². The summed E-state index contributed by atoms with van der Waals surface area (Å²) in [6, 6.07) is 6.86. The molecule has 0 bridgehead atoms. The Balaban J connectivity index is 1.64. The van der Waals surface area contributed by atoms with Gasteiger partial charge in [0.15, 0.2) is 0 Å². The van der Waals surface area contributed by atoms with Crippen LogP contribution in [0.2, 0.25) is 0 Å². The van der Waals surface area contributed by atoms with Gasteiger partial charge in [-0.15, -0.1) is 0 Å². The minimum absolute atomic E-state index is 0.300. The highest BCUT2D eigenvalue weighted by molar-refractivity contribution is 5.70. The van der Waals surface area contributed by atoms with Crippen LogP contribution in [0.1, 0.15) is 55.6 Å². The van der Waals surface area contributed by atoms with Gasteiger partial charge in [-0.25, -0.2) is 4.79 Å². The van der Waals surface area contributed by atoms with Crippen molar-refractivity contribution in [3.8, 4) is 5.75 Å². The molecule has 1 heterocycles. The molecule has 0 radical (unpaired) electrons. The number of rotatable bonds is 7. The molecule has 1 saturated heterocycles. The molecule has 5 heteroatoms. The molecule has 0 saturated carbocycles. The molecule has 144 valence electrons. The topological polar surface area (TPSA) is 58.8 Å². The third-order valence-electron chi connectivity index (χ3n) is 5.88. The van der Waals surface area contributed by atoms with Gasteiger partial charge in [-0.3, -0.25) is 4.90 Å². The Morgan fingerprint density at radius 3 is 2.81 bits per heavy atom. The fourth-order valence-corrected chi connectivity index (χ4v) is 4.53. The molecule has 1 amide bonds. The number of benzene rings is 1. The van der Waals surface area contributed by atoms with E-state index in [9.17, 15) is 4.79 Å². The first-order valence-electron chi connectivity index (χ1n) is 10.1. The first kappa shape index (κ1) is 19.2. The molecule has 1 aromatic carbocycles. The zero-order valence-corrected chi connectivity index (χ0v) is 16.2. The van der Waals surface area contributed by atoms with Crippen LogP contribution in [0.15, 0.2) is 18.2 Å². The number of hydrogen-bond acceptors (Lipinski definition) is 4. The van der Waals surface area contributed by atoms with Crippen LogP contribution < -0.4 is 10.5 Å². The van der Waals surface area contributed by atoms with E-state index in [0.29, 0.717) is 12.0 Å². The second-order valence-corrected chi connectivity index (χ2v) is 7.83. The van der Waals surface area contributed by atoms with Gasteiger partial charge < -0.3 is 15.4 Å². The number of nitrogens with two attached hydrogens (primary N) is 1. The molecule has 0 spiro atoms. The molecule has 5 nitrogen and oxygen atoms in total. The second kappa shape index (κ2) is 8.87. The molecule has 2 unspecified atom stereocenters. The summed E-state index contributed by atoms with van der Waals surface area (Å²) in [6.07, 6.45) is 8.03. The van der Waals surface area contributed by atoms with Crippen molar-refractivity contribution in [2.45, 2.75) is 56.9 Å². The fraction of sp³-hybridized carbons (Fsp3) is 0.667. The lowest BCUT2D eigenvalue weighted by Crippen LogP contribution is -2.36. The maximum atomic E-state index is 12.0. The molecular formula is C21H33N3O2. The molecular weight excluding hydrogens is 326 g/mol. The van der Waals surface area contributed by atoms with E-state index in [-0.39, 0.29) is 6.09 Å². The van der Waals surface area contributed by atoms with Crippen molar-refractivity contribution < 1.29 is 9.53 Å². The SMILES string of the molecule is CN(C)C(=O)Oc1cccc2c1CCC1C2CCN1CCCCCCN. The van der Waals surface area contributed by atoms with Gasteiger partial charge in [-0.1, -0.05) is 25.0 Å². The van der Waals surface area contributed by atoms with Crippen LogP contribution in [-0.2, 0) is 6.42 Å². The van der Waals surface area contributed by atoms with E-state index < -0.39 is 0 Å². The summed E-state index contributed by atoms with van der Waals surface area (Å²) in [5.41, 5.74) is 8.22. The molecule has 1 aromatic rings. The minimum atomic E-state index is -0.300. The number of nitrogens with zero attached hydrogens (tertiary/aromatic N) is 2. The van der Waals surface area contributed by atoms with E-state index in [1.54, 1.807) is 14.1 Å². The molecule has 2 atom stereocenters. The van der Waals surface area contributed by atoms with Crippen LogP contribution in [0.5, 0.6) is 5.75 Å².